The second kappa shape index (κ2) is 8.59. The van der Waals surface area contributed by atoms with E-state index in [9.17, 15) is 13.6 Å². The van der Waals surface area contributed by atoms with E-state index < -0.39 is 6.61 Å². The van der Waals surface area contributed by atoms with E-state index in [1.54, 1.807) is 28.6 Å². The van der Waals surface area contributed by atoms with Crippen LogP contribution < -0.4 is 10.5 Å². The minimum Gasteiger partial charge on any atom is -0.434 e. The van der Waals surface area contributed by atoms with E-state index in [-0.39, 0.29) is 29.2 Å². The summed E-state index contributed by atoms with van der Waals surface area (Å²) in [5.41, 5.74) is 11.1. The van der Waals surface area contributed by atoms with Gasteiger partial charge < -0.3 is 15.4 Å². The molecule has 0 spiro atoms. The maximum Gasteiger partial charge on any atom is 0.387 e. The monoisotopic (exact) mass is 508 g/mol. The van der Waals surface area contributed by atoms with Gasteiger partial charge in [0.25, 0.3) is 5.91 Å². The van der Waals surface area contributed by atoms with Crippen LogP contribution in [0.5, 0.6) is 5.75 Å². The Labute approximate surface area is 213 Å². The Balaban J connectivity index is 1.46. The number of nitrogens with two attached hydrogens (primary N) is 1. The summed E-state index contributed by atoms with van der Waals surface area (Å²) in [6.45, 7) is 3.58. The number of fused-ring (bicyclic) bond motifs is 9. The predicted octanol–water partition coefficient (Wildman–Crippen LogP) is 3.82. The molecule has 1 amide bonds. The highest BCUT2D eigenvalue weighted by molar-refractivity contribution is 5.98. The van der Waals surface area contributed by atoms with Gasteiger partial charge >= 0.3 is 6.61 Å². The number of carbonyl (C=O) groups excluding carboxylic acids is 1. The quantitative estimate of drug-likeness (QED) is 0.564. The van der Waals surface area contributed by atoms with Gasteiger partial charge in [-0.05, 0) is 50.5 Å². The van der Waals surface area contributed by atoms with E-state index in [0.29, 0.717) is 29.7 Å². The molecule has 6 rings (SSSR count). The summed E-state index contributed by atoms with van der Waals surface area (Å²) >= 11 is 0. The van der Waals surface area contributed by atoms with Crippen LogP contribution in [0.3, 0.4) is 0 Å². The van der Waals surface area contributed by atoms with Crippen molar-refractivity contribution in [3.8, 4) is 5.75 Å². The molecule has 1 aromatic carbocycles. The molecule has 194 valence electrons. The first kappa shape index (κ1) is 24.0. The van der Waals surface area contributed by atoms with Crippen LogP contribution in [0, 0.1) is 0 Å². The fraction of sp³-hybridized carbons (Fsp3) is 0.444. The van der Waals surface area contributed by atoms with Crippen LogP contribution in [0.25, 0.3) is 11.2 Å². The van der Waals surface area contributed by atoms with Gasteiger partial charge in [-0.25, -0.2) is 9.50 Å². The van der Waals surface area contributed by atoms with Gasteiger partial charge in [-0.1, -0.05) is 12.1 Å². The Hall–Kier alpha value is -3.37. The van der Waals surface area contributed by atoms with Gasteiger partial charge in [-0.2, -0.15) is 13.9 Å². The van der Waals surface area contributed by atoms with Crippen molar-refractivity contribution in [3.63, 3.8) is 0 Å². The van der Waals surface area contributed by atoms with E-state index in [1.807, 2.05) is 12.3 Å². The van der Waals surface area contributed by atoms with Crippen LogP contribution in [-0.4, -0.2) is 69.1 Å². The topological polar surface area (TPSA) is 89.0 Å². The third-order valence-electron chi connectivity index (χ3n) is 8.21. The number of hydrogen-bond acceptors (Lipinski definition) is 6. The lowest BCUT2D eigenvalue weighted by atomic mass is 9.89. The number of ether oxygens (including phenoxy) is 1. The summed E-state index contributed by atoms with van der Waals surface area (Å²) in [6.07, 6.45) is 5.49. The molecule has 2 aromatic heterocycles. The van der Waals surface area contributed by atoms with Crippen molar-refractivity contribution in [2.45, 2.75) is 50.8 Å². The van der Waals surface area contributed by atoms with Crippen LogP contribution in [0.4, 0.5) is 8.78 Å². The Morgan fingerprint density at radius 3 is 2.76 bits per heavy atom. The maximum absolute atomic E-state index is 13.3. The third-order valence-corrected chi connectivity index (χ3v) is 8.21. The van der Waals surface area contributed by atoms with Crippen LogP contribution in [0.1, 0.15) is 71.5 Å². The van der Waals surface area contributed by atoms with Crippen molar-refractivity contribution in [2.24, 2.45) is 5.73 Å². The lowest BCUT2D eigenvalue weighted by molar-refractivity contribution is -0.0505. The van der Waals surface area contributed by atoms with E-state index in [1.165, 1.54) is 6.07 Å². The maximum atomic E-state index is 13.3. The molecule has 0 saturated heterocycles. The number of amides is 1. The lowest BCUT2D eigenvalue weighted by Crippen LogP contribution is -2.50. The van der Waals surface area contributed by atoms with Crippen LogP contribution in [0.15, 0.2) is 36.5 Å². The van der Waals surface area contributed by atoms with Crippen LogP contribution in [-0.2, 0) is 0 Å². The minimum atomic E-state index is -2.99. The molecule has 0 saturated carbocycles. The van der Waals surface area contributed by atoms with Crippen molar-refractivity contribution < 1.29 is 18.3 Å². The second-order valence-electron chi connectivity index (χ2n) is 10.6. The zero-order chi connectivity index (χ0) is 26.1. The summed E-state index contributed by atoms with van der Waals surface area (Å²) in [7, 11) is 1.74. The van der Waals surface area contributed by atoms with Crippen molar-refractivity contribution >= 4 is 17.1 Å². The Morgan fingerprint density at radius 2 is 2.05 bits per heavy atom. The lowest BCUT2D eigenvalue weighted by Gasteiger charge is -2.39. The predicted molar refractivity (Wildman–Crippen MR) is 135 cm³/mol. The molecule has 8 nitrogen and oxygen atoms in total. The average molecular weight is 509 g/mol. The molecule has 4 heterocycles. The molecular formula is C27H30F2N6O2. The molecule has 2 aliphatic heterocycles. The first-order valence-electron chi connectivity index (χ1n) is 12.6. The van der Waals surface area contributed by atoms with Gasteiger partial charge in [0, 0.05) is 61.0 Å². The van der Waals surface area contributed by atoms with Gasteiger partial charge in [0.05, 0.1) is 17.4 Å². The van der Waals surface area contributed by atoms with Crippen molar-refractivity contribution in [1.29, 1.82) is 0 Å². The van der Waals surface area contributed by atoms with Gasteiger partial charge in [0.1, 0.15) is 5.75 Å². The van der Waals surface area contributed by atoms with E-state index in [2.05, 4.69) is 24.8 Å². The molecular weight excluding hydrogens is 478 g/mol. The molecule has 2 atom stereocenters. The molecule has 3 aliphatic rings. The van der Waals surface area contributed by atoms with Crippen molar-refractivity contribution in [1.82, 2.24) is 24.4 Å². The van der Waals surface area contributed by atoms with Crippen LogP contribution in [0.2, 0.25) is 0 Å². The van der Waals surface area contributed by atoms with Gasteiger partial charge in [0.2, 0.25) is 0 Å². The third kappa shape index (κ3) is 3.73. The molecule has 0 radical (unpaired) electrons. The molecule has 2 unspecified atom stereocenters. The SMILES string of the molecule is CN1C(=O)c2cccc(OC(F)F)c2C2CC1c1nn3ccc(C4=CCN(C(C)(C)CN)CC4)nc3c12. The van der Waals surface area contributed by atoms with E-state index >= 15 is 0 Å². The highest BCUT2D eigenvalue weighted by Gasteiger charge is 2.46. The van der Waals surface area contributed by atoms with Gasteiger partial charge in [-0.3, -0.25) is 9.69 Å². The molecule has 0 fully saturated rings. The number of halogens is 2. The zero-order valence-corrected chi connectivity index (χ0v) is 21.1. The normalized spacial score (nSPS) is 21.8. The molecule has 2 N–H and O–H groups in total. The summed E-state index contributed by atoms with van der Waals surface area (Å²) in [6, 6.07) is 6.45. The highest BCUT2D eigenvalue weighted by Crippen LogP contribution is 2.53. The first-order chi connectivity index (χ1) is 17.7. The number of benzene rings is 1. The second-order valence-corrected chi connectivity index (χ2v) is 10.6. The fourth-order valence-corrected chi connectivity index (χ4v) is 5.98. The largest absolute Gasteiger partial charge is 0.434 e. The number of rotatable bonds is 5. The van der Waals surface area contributed by atoms with Gasteiger partial charge in [-0.15, -0.1) is 0 Å². The molecule has 1 aliphatic carbocycles. The zero-order valence-electron chi connectivity index (χ0n) is 21.1. The van der Waals surface area contributed by atoms with Gasteiger partial charge in [0.15, 0.2) is 5.65 Å². The van der Waals surface area contributed by atoms with E-state index in [4.69, 9.17) is 20.6 Å². The Bertz CT molecular complexity index is 1430. The van der Waals surface area contributed by atoms with E-state index in [0.717, 1.165) is 42.0 Å². The summed E-state index contributed by atoms with van der Waals surface area (Å²) < 4.78 is 33.3. The van der Waals surface area contributed by atoms with Crippen molar-refractivity contribution in [3.05, 3.63) is 64.6 Å². The summed E-state index contributed by atoms with van der Waals surface area (Å²) in [5, 5.41) is 4.80. The molecule has 2 bridgehead atoms. The molecule has 10 heteroatoms. The number of hydrogen-bond donors (Lipinski definition) is 1. The van der Waals surface area contributed by atoms with Crippen LogP contribution >= 0.6 is 0 Å². The van der Waals surface area contributed by atoms with Crippen molar-refractivity contribution in [2.75, 3.05) is 26.7 Å². The summed E-state index contributed by atoms with van der Waals surface area (Å²) in [5.74, 6) is -0.531. The average Bonchev–Trinajstić information content (AvgIpc) is 3.41. The minimum absolute atomic E-state index is 0.0286. The smallest absolute Gasteiger partial charge is 0.387 e. The number of carbonyl (C=O) groups is 1. The number of nitrogens with zero attached hydrogens (tertiary/aromatic N) is 5. The molecule has 37 heavy (non-hydrogen) atoms. The number of alkyl halides is 2. The fourth-order valence-electron chi connectivity index (χ4n) is 5.98. The first-order valence-corrected chi connectivity index (χ1v) is 12.6. The Morgan fingerprint density at radius 1 is 1.24 bits per heavy atom. The standard InChI is InChI=1S/C27H30F2N6O2/c1-27(2,14-30)34-10-7-15(8-11-34)18-9-12-35-24(31-18)22-17-13-19(23(22)32-35)33(3)25(36)16-5-4-6-20(21(16)17)37-26(28)29/h4-7,9,12,17,19,26H,8,10-11,13-14,30H2,1-3H3. The summed E-state index contributed by atoms with van der Waals surface area (Å²) in [4.78, 5) is 22.3. The number of aromatic nitrogens is 3. The Kier molecular flexibility index (Phi) is 5.57. The highest BCUT2D eigenvalue weighted by atomic mass is 19.3. The molecule has 3 aromatic rings.